The molecule has 10 nitrogen and oxygen atoms in total. The summed E-state index contributed by atoms with van der Waals surface area (Å²) >= 11 is 1.52. The van der Waals surface area contributed by atoms with Gasteiger partial charge in [-0.1, -0.05) is 0 Å². The van der Waals surface area contributed by atoms with E-state index in [0.717, 1.165) is 61.0 Å². The van der Waals surface area contributed by atoms with Gasteiger partial charge in [-0.15, -0.1) is 11.8 Å². The van der Waals surface area contributed by atoms with E-state index >= 15 is 0 Å². The van der Waals surface area contributed by atoms with Crippen molar-refractivity contribution in [3.63, 3.8) is 0 Å². The van der Waals surface area contributed by atoms with E-state index < -0.39 is 0 Å². The first kappa shape index (κ1) is 22.6. The topological polar surface area (TPSA) is 112 Å². The summed E-state index contributed by atoms with van der Waals surface area (Å²) in [7, 11) is 0. The lowest BCUT2D eigenvalue weighted by Crippen LogP contribution is -2.51. The zero-order chi connectivity index (χ0) is 23.9. The van der Waals surface area contributed by atoms with E-state index in [-0.39, 0.29) is 30.0 Å². The van der Waals surface area contributed by atoms with Crippen LogP contribution in [0.4, 0.5) is 17.3 Å². The average molecular weight is 496 g/mol. The van der Waals surface area contributed by atoms with Crippen molar-refractivity contribution in [1.82, 2.24) is 19.8 Å². The van der Waals surface area contributed by atoms with Crippen molar-refractivity contribution in [2.45, 2.75) is 42.8 Å². The van der Waals surface area contributed by atoms with Gasteiger partial charge in [0.05, 0.1) is 34.6 Å². The highest BCUT2D eigenvalue weighted by molar-refractivity contribution is 8.00. The minimum absolute atomic E-state index is 0.000654. The van der Waals surface area contributed by atoms with Crippen LogP contribution in [0.25, 0.3) is 0 Å². The van der Waals surface area contributed by atoms with Crippen LogP contribution in [0.5, 0.6) is 0 Å². The number of amides is 2. The smallest absolute Gasteiger partial charge is 0.252 e. The Kier molecular flexibility index (Phi) is 5.99. The molecular weight excluding hydrogens is 466 g/mol. The van der Waals surface area contributed by atoms with Gasteiger partial charge in [-0.3, -0.25) is 23.9 Å². The SMILES string of the molecule is O=C1CSc2ccc(CNC3CCN(CC4CCN5C(=O)CNc6ccc(=O)n4c65)CC3)nc2N1. The number of piperidine rings is 1. The maximum Gasteiger partial charge on any atom is 0.252 e. The maximum absolute atomic E-state index is 12.8. The largest absolute Gasteiger partial charge is 0.373 e. The molecule has 1 atom stereocenters. The second kappa shape index (κ2) is 9.29. The molecule has 0 aliphatic carbocycles. The summed E-state index contributed by atoms with van der Waals surface area (Å²) < 4.78 is 1.83. The number of nitrogens with one attached hydrogen (secondary N) is 3. The highest BCUT2D eigenvalue weighted by Gasteiger charge is 2.35. The molecule has 2 amide bonds. The van der Waals surface area contributed by atoms with E-state index in [4.69, 9.17) is 0 Å². The van der Waals surface area contributed by atoms with Crippen molar-refractivity contribution in [2.24, 2.45) is 0 Å². The van der Waals surface area contributed by atoms with Gasteiger partial charge in [-0.25, -0.2) is 4.98 Å². The van der Waals surface area contributed by atoms with Gasteiger partial charge in [-0.2, -0.15) is 0 Å². The fourth-order valence-corrected chi connectivity index (χ4v) is 6.23. The molecule has 4 aliphatic heterocycles. The van der Waals surface area contributed by atoms with Crippen molar-refractivity contribution in [1.29, 1.82) is 0 Å². The van der Waals surface area contributed by atoms with Gasteiger partial charge < -0.3 is 20.9 Å². The number of anilines is 3. The lowest BCUT2D eigenvalue weighted by Gasteiger charge is -2.42. The van der Waals surface area contributed by atoms with E-state index in [1.165, 1.54) is 11.8 Å². The molecule has 0 saturated carbocycles. The fraction of sp³-hybridized carbons (Fsp3) is 0.500. The second-order valence-corrected chi connectivity index (χ2v) is 10.6. The molecule has 0 aromatic carbocycles. The summed E-state index contributed by atoms with van der Waals surface area (Å²) in [4.78, 5) is 46.6. The number of pyridine rings is 2. The van der Waals surface area contributed by atoms with Crippen molar-refractivity contribution >= 4 is 40.9 Å². The molecule has 2 aromatic rings. The number of fused-ring (bicyclic) bond motifs is 1. The monoisotopic (exact) mass is 495 g/mol. The molecule has 3 N–H and O–H groups in total. The molecule has 4 aliphatic rings. The van der Waals surface area contributed by atoms with Crippen LogP contribution >= 0.6 is 11.8 Å². The van der Waals surface area contributed by atoms with E-state index in [0.29, 0.717) is 30.7 Å². The minimum atomic E-state index is -0.0429. The molecule has 35 heavy (non-hydrogen) atoms. The van der Waals surface area contributed by atoms with E-state index in [1.807, 2.05) is 16.7 Å². The fourth-order valence-electron chi connectivity index (χ4n) is 5.47. The van der Waals surface area contributed by atoms with Crippen LogP contribution in [-0.2, 0) is 16.1 Å². The summed E-state index contributed by atoms with van der Waals surface area (Å²) in [5.74, 6) is 1.87. The number of nitrogens with zero attached hydrogens (tertiary/aromatic N) is 4. The molecule has 6 heterocycles. The second-order valence-electron chi connectivity index (χ2n) is 9.56. The van der Waals surface area contributed by atoms with Gasteiger partial charge in [0.15, 0.2) is 0 Å². The van der Waals surface area contributed by atoms with Gasteiger partial charge in [0.25, 0.3) is 5.56 Å². The highest BCUT2D eigenvalue weighted by atomic mass is 32.2. The third-order valence-corrected chi connectivity index (χ3v) is 8.34. The van der Waals surface area contributed by atoms with Crippen molar-refractivity contribution in [3.05, 3.63) is 40.3 Å². The van der Waals surface area contributed by atoms with Crippen LogP contribution in [0.3, 0.4) is 0 Å². The van der Waals surface area contributed by atoms with Crippen LogP contribution in [0.1, 0.15) is 31.0 Å². The van der Waals surface area contributed by atoms with Gasteiger partial charge in [0.1, 0.15) is 11.6 Å². The predicted molar refractivity (Wildman–Crippen MR) is 135 cm³/mol. The Bertz CT molecular complexity index is 1220. The quantitative estimate of drug-likeness (QED) is 0.568. The number of carbonyl (C=O) groups is 2. The highest BCUT2D eigenvalue weighted by Crippen LogP contribution is 2.35. The zero-order valence-electron chi connectivity index (χ0n) is 19.5. The van der Waals surface area contributed by atoms with Crippen molar-refractivity contribution in [3.8, 4) is 0 Å². The molecule has 2 aromatic heterocycles. The number of likely N-dealkylation sites (tertiary alicyclic amines) is 1. The number of thioether (sulfide) groups is 1. The van der Waals surface area contributed by atoms with E-state index in [9.17, 15) is 14.4 Å². The third kappa shape index (κ3) is 4.43. The van der Waals surface area contributed by atoms with Crippen LogP contribution in [0.15, 0.2) is 34.0 Å². The van der Waals surface area contributed by atoms with Gasteiger partial charge in [-0.05, 0) is 50.6 Å². The minimum Gasteiger partial charge on any atom is -0.373 e. The summed E-state index contributed by atoms with van der Waals surface area (Å²) in [6, 6.07) is 7.92. The average Bonchev–Trinajstić information content (AvgIpc) is 2.87. The Morgan fingerprint density at radius 2 is 1.91 bits per heavy atom. The van der Waals surface area contributed by atoms with E-state index in [1.54, 1.807) is 17.0 Å². The number of hydrogen-bond acceptors (Lipinski definition) is 8. The molecule has 184 valence electrons. The summed E-state index contributed by atoms with van der Waals surface area (Å²) in [6.07, 6.45) is 2.84. The summed E-state index contributed by atoms with van der Waals surface area (Å²) in [5, 5.41) is 9.63. The molecule has 1 saturated heterocycles. The lowest BCUT2D eigenvalue weighted by atomic mass is 10.0. The first-order valence-electron chi connectivity index (χ1n) is 12.2. The van der Waals surface area contributed by atoms with Gasteiger partial charge in [0.2, 0.25) is 11.8 Å². The first-order valence-corrected chi connectivity index (χ1v) is 13.2. The first-order chi connectivity index (χ1) is 17.0. The molecule has 0 bridgehead atoms. The maximum atomic E-state index is 12.8. The Morgan fingerprint density at radius 1 is 1.06 bits per heavy atom. The molecule has 11 heteroatoms. The zero-order valence-corrected chi connectivity index (χ0v) is 20.3. The van der Waals surface area contributed by atoms with Gasteiger partial charge >= 0.3 is 0 Å². The van der Waals surface area contributed by atoms with Crippen LogP contribution < -0.4 is 26.4 Å². The van der Waals surface area contributed by atoms with Crippen LogP contribution in [0, 0.1) is 0 Å². The molecule has 1 unspecified atom stereocenters. The molecule has 0 spiro atoms. The molecule has 0 radical (unpaired) electrons. The summed E-state index contributed by atoms with van der Waals surface area (Å²) in [6.45, 7) is 4.35. The number of rotatable bonds is 5. The predicted octanol–water partition coefficient (Wildman–Crippen LogP) is 1.24. The van der Waals surface area contributed by atoms with Crippen LogP contribution in [-0.4, -0.2) is 70.8 Å². The van der Waals surface area contributed by atoms with Crippen molar-refractivity contribution < 1.29 is 9.59 Å². The molecule has 6 rings (SSSR count). The standard InChI is InChI=1S/C24H29N7O3S/c32-20-14-35-19-3-1-16(27-23(19)28-20)11-25-15-5-8-29(9-6-15)13-17-7-10-30-22(34)12-26-18-2-4-21(33)31(17)24(18)30/h1-4,15,17,25-26H,5-14H2,(H,27,28,32). The Labute approximate surface area is 207 Å². The summed E-state index contributed by atoms with van der Waals surface area (Å²) in [5.41, 5.74) is 1.75. The Balaban J connectivity index is 1.05. The lowest BCUT2D eigenvalue weighted by molar-refractivity contribution is -0.117. The number of carbonyl (C=O) groups excluding carboxylic acids is 2. The van der Waals surface area contributed by atoms with E-state index in [2.05, 4.69) is 25.8 Å². The molecule has 1 fully saturated rings. The van der Waals surface area contributed by atoms with Gasteiger partial charge in [0, 0.05) is 31.7 Å². The number of hydrogen-bond donors (Lipinski definition) is 3. The third-order valence-electron chi connectivity index (χ3n) is 7.30. The normalized spacial score (nSPS) is 22.3. The van der Waals surface area contributed by atoms with Crippen LogP contribution in [0.2, 0.25) is 0 Å². The Morgan fingerprint density at radius 3 is 2.77 bits per heavy atom. The molecular formula is C24H29N7O3S. The Hall–Kier alpha value is -2.89. The number of aromatic nitrogens is 2. The van der Waals surface area contributed by atoms with Crippen molar-refractivity contribution in [2.75, 3.05) is 54.0 Å².